The zero-order valence-electron chi connectivity index (χ0n) is 14.7. The smallest absolute Gasteiger partial charge is 0.410 e. The molecule has 2 rings (SSSR count). The number of nitro benzene ring substituents is 1. The second kappa shape index (κ2) is 7.17. The van der Waals surface area contributed by atoms with Crippen molar-refractivity contribution in [3.05, 3.63) is 39.9 Å². The minimum Gasteiger partial charge on any atom is -0.444 e. The monoisotopic (exact) mass is 335 g/mol. The molecule has 1 fully saturated rings. The van der Waals surface area contributed by atoms with E-state index in [0.29, 0.717) is 19.6 Å². The lowest BCUT2D eigenvalue weighted by molar-refractivity contribution is -0.384. The summed E-state index contributed by atoms with van der Waals surface area (Å²) in [5, 5.41) is 10.7. The van der Waals surface area contributed by atoms with Crippen LogP contribution in [-0.4, -0.2) is 52.1 Å². The van der Waals surface area contributed by atoms with Crippen LogP contribution in [0.3, 0.4) is 0 Å². The molecule has 1 saturated heterocycles. The molecule has 1 aromatic rings. The van der Waals surface area contributed by atoms with E-state index in [1.807, 2.05) is 20.8 Å². The van der Waals surface area contributed by atoms with E-state index < -0.39 is 10.5 Å². The van der Waals surface area contributed by atoms with Crippen molar-refractivity contribution in [2.75, 3.05) is 19.6 Å². The van der Waals surface area contributed by atoms with Crippen LogP contribution in [0.25, 0.3) is 0 Å². The lowest BCUT2D eigenvalue weighted by Crippen LogP contribution is -2.54. The molecule has 0 N–H and O–H groups in total. The molecule has 7 nitrogen and oxygen atoms in total. The third kappa shape index (κ3) is 4.92. The van der Waals surface area contributed by atoms with E-state index >= 15 is 0 Å². The zero-order valence-corrected chi connectivity index (χ0v) is 14.7. The Morgan fingerprint density at radius 1 is 1.29 bits per heavy atom. The summed E-state index contributed by atoms with van der Waals surface area (Å²) in [4.78, 5) is 26.5. The molecule has 0 radical (unpaired) electrons. The summed E-state index contributed by atoms with van der Waals surface area (Å²) in [6, 6.07) is 6.81. The summed E-state index contributed by atoms with van der Waals surface area (Å²) in [5.74, 6) is 0. The predicted octanol–water partition coefficient (Wildman–Crippen LogP) is 3.04. The molecule has 0 unspecified atom stereocenters. The Morgan fingerprint density at radius 2 is 1.92 bits per heavy atom. The molecule has 0 aromatic heterocycles. The Labute approximate surface area is 142 Å². The van der Waals surface area contributed by atoms with Crippen LogP contribution in [-0.2, 0) is 11.3 Å². The second-order valence-corrected chi connectivity index (χ2v) is 7.17. The topological polar surface area (TPSA) is 75.9 Å². The molecule has 7 heteroatoms. The van der Waals surface area contributed by atoms with Crippen LogP contribution in [0.4, 0.5) is 10.5 Å². The first-order chi connectivity index (χ1) is 11.2. The van der Waals surface area contributed by atoms with E-state index in [1.54, 1.807) is 17.0 Å². The number of nitrogens with zero attached hydrogens (tertiary/aromatic N) is 3. The highest BCUT2D eigenvalue weighted by atomic mass is 16.6. The highest BCUT2D eigenvalue weighted by Crippen LogP contribution is 2.18. The second-order valence-electron chi connectivity index (χ2n) is 7.17. The van der Waals surface area contributed by atoms with Crippen LogP contribution in [0.1, 0.15) is 33.3 Å². The summed E-state index contributed by atoms with van der Waals surface area (Å²) < 4.78 is 5.42. The summed E-state index contributed by atoms with van der Waals surface area (Å²) in [6.07, 6.45) is -0.274. The quantitative estimate of drug-likeness (QED) is 0.627. The largest absolute Gasteiger partial charge is 0.444 e. The Morgan fingerprint density at radius 3 is 2.42 bits per heavy atom. The molecular weight excluding hydrogens is 310 g/mol. The maximum Gasteiger partial charge on any atom is 0.410 e. The van der Waals surface area contributed by atoms with Gasteiger partial charge in [0.1, 0.15) is 5.60 Å². The first-order valence-corrected chi connectivity index (χ1v) is 8.11. The summed E-state index contributed by atoms with van der Waals surface area (Å²) in [7, 11) is 0. The number of hydrogen-bond acceptors (Lipinski definition) is 5. The van der Waals surface area contributed by atoms with Crippen molar-refractivity contribution in [2.24, 2.45) is 0 Å². The molecule has 0 aliphatic carbocycles. The predicted molar refractivity (Wildman–Crippen MR) is 90.8 cm³/mol. The van der Waals surface area contributed by atoms with Crippen molar-refractivity contribution in [1.29, 1.82) is 0 Å². The first-order valence-electron chi connectivity index (χ1n) is 8.11. The molecule has 0 spiro atoms. The van der Waals surface area contributed by atoms with Gasteiger partial charge >= 0.3 is 6.09 Å². The number of hydrogen-bond donors (Lipinski definition) is 0. The lowest BCUT2D eigenvalue weighted by Gasteiger charge is -2.40. The Bertz CT molecular complexity index is 595. The number of nitro groups is 1. The number of carbonyl (C=O) groups excluding carboxylic acids is 1. The number of rotatable bonds is 3. The van der Waals surface area contributed by atoms with E-state index in [9.17, 15) is 14.9 Å². The van der Waals surface area contributed by atoms with Gasteiger partial charge in [0.2, 0.25) is 0 Å². The van der Waals surface area contributed by atoms with Gasteiger partial charge < -0.3 is 9.64 Å². The molecule has 1 aliphatic heterocycles. The van der Waals surface area contributed by atoms with Crippen LogP contribution in [0.2, 0.25) is 0 Å². The van der Waals surface area contributed by atoms with E-state index in [2.05, 4.69) is 11.8 Å². The van der Waals surface area contributed by atoms with Gasteiger partial charge in [-0.05, 0) is 33.3 Å². The Balaban J connectivity index is 1.91. The van der Waals surface area contributed by atoms with Crippen LogP contribution < -0.4 is 0 Å². The molecule has 132 valence electrons. The van der Waals surface area contributed by atoms with Gasteiger partial charge in [-0.15, -0.1) is 0 Å². The van der Waals surface area contributed by atoms with Gasteiger partial charge in [0.25, 0.3) is 5.69 Å². The van der Waals surface area contributed by atoms with Crippen LogP contribution >= 0.6 is 0 Å². The molecular formula is C17H25N3O4. The molecule has 1 atom stereocenters. The average Bonchev–Trinajstić information content (AvgIpc) is 2.48. The highest BCUT2D eigenvalue weighted by Gasteiger charge is 2.29. The number of piperazine rings is 1. The standard InChI is InChI=1S/C17H25N3O4/c1-13-11-19(16(21)24-17(2,3)4)10-9-18(13)12-14-5-7-15(8-6-14)20(22)23/h5-8,13H,9-12H2,1-4H3/t13-/m0/s1. The maximum atomic E-state index is 12.1. The molecule has 0 saturated carbocycles. The van der Waals surface area contributed by atoms with Gasteiger partial charge in [-0.2, -0.15) is 0 Å². The normalized spacial score (nSPS) is 19.2. The third-order valence-electron chi connectivity index (χ3n) is 3.95. The number of amides is 1. The number of non-ortho nitro benzene ring substituents is 1. The SMILES string of the molecule is C[C@H]1CN(C(=O)OC(C)(C)C)CCN1Cc1ccc([N+](=O)[O-])cc1. The van der Waals surface area contributed by atoms with Gasteiger partial charge in [-0.3, -0.25) is 15.0 Å². The van der Waals surface area contributed by atoms with E-state index in [-0.39, 0.29) is 17.8 Å². The van der Waals surface area contributed by atoms with Crippen LogP contribution in [0, 0.1) is 10.1 Å². The van der Waals surface area contributed by atoms with Crippen LogP contribution in [0.5, 0.6) is 0 Å². The van der Waals surface area contributed by atoms with Crippen LogP contribution in [0.15, 0.2) is 24.3 Å². The fourth-order valence-corrected chi connectivity index (χ4v) is 2.68. The lowest BCUT2D eigenvalue weighted by atomic mass is 10.1. The summed E-state index contributed by atoms with van der Waals surface area (Å²) in [6.45, 7) is 10.3. The van der Waals surface area contributed by atoms with Crippen molar-refractivity contribution in [2.45, 2.75) is 45.9 Å². The van der Waals surface area contributed by atoms with Gasteiger partial charge in [-0.1, -0.05) is 12.1 Å². The number of carbonyl (C=O) groups is 1. The molecule has 1 aromatic carbocycles. The minimum atomic E-state index is -0.490. The maximum absolute atomic E-state index is 12.1. The minimum absolute atomic E-state index is 0.0987. The fraction of sp³-hybridized carbons (Fsp3) is 0.588. The zero-order chi connectivity index (χ0) is 17.9. The first kappa shape index (κ1) is 18.2. The Kier molecular flexibility index (Phi) is 5.43. The average molecular weight is 335 g/mol. The van der Waals surface area contributed by atoms with E-state index in [4.69, 9.17) is 4.74 Å². The van der Waals surface area contributed by atoms with Gasteiger partial charge in [0, 0.05) is 44.4 Å². The third-order valence-corrected chi connectivity index (χ3v) is 3.95. The van der Waals surface area contributed by atoms with E-state index in [1.165, 1.54) is 12.1 Å². The van der Waals surface area contributed by atoms with Gasteiger partial charge in [0.05, 0.1) is 4.92 Å². The van der Waals surface area contributed by atoms with Crippen molar-refractivity contribution in [1.82, 2.24) is 9.80 Å². The molecule has 1 aliphatic rings. The molecule has 1 amide bonds. The van der Waals surface area contributed by atoms with Gasteiger partial charge in [-0.25, -0.2) is 4.79 Å². The summed E-state index contributed by atoms with van der Waals surface area (Å²) in [5.41, 5.74) is 0.635. The molecule has 1 heterocycles. The fourth-order valence-electron chi connectivity index (χ4n) is 2.68. The number of benzene rings is 1. The highest BCUT2D eigenvalue weighted by molar-refractivity contribution is 5.68. The van der Waals surface area contributed by atoms with Crippen molar-refractivity contribution >= 4 is 11.8 Å². The molecule has 24 heavy (non-hydrogen) atoms. The van der Waals surface area contributed by atoms with Gasteiger partial charge in [0.15, 0.2) is 0 Å². The Hall–Kier alpha value is -2.15. The molecule has 0 bridgehead atoms. The summed E-state index contributed by atoms with van der Waals surface area (Å²) >= 11 is 0. The van der Waals surface area contributed by atoms with Crippen molar-refractivity contribution in [3.8, 4) is 0 Å². The number of ether oxygens (including phenoxy) is 1. The van der Waals surface area contributed by atoms with Crippen molar-refractivity contribution < 1.29 is 14.5 Å². The van der Waals surface area contributed by atoms with E-state index in [0.717, 1.165) is 12.1 Å². The van der Waals surface area contributed by atoms with Crippen molar-refractivity contribution in [3.63, 3.8) is 0 Å².